The number of para-hydroxylation sites is 1. The molecule has 4 aromatic rings. The number of aliphatic hydroxyl groups is 1. The largest absolute Gasteiger partial charge is 0.487 e. The number of aromatic nitrogens is 5. The van der Waals surface area contributed by atoms with E-state index in [4.69, 9.17) is 9.84 Å². The highest BCUT2D eigenvalue weighted by Crippen LogP contribution is 2.37. The van der Waals surface area contributed by atoms with E-state index in [9.17, 15) is 9.50 Å². The molecule has 8 nitrogen and oxygen atoms in total. The number of pyridine rings is 1. The first-order chi connectivity index (χ1) is 16.9. The Balaban J connectivity index is 1.43. The number of rotatable bonds is 7. The van der Waals surface area contributed by atoms with Gasteiger partial charge in [-0.15, -0.1) is 0 Å². The van der Waals surface area contributed by atoms with Gasteiger partial charge in [0.25, 0.3) is 0 Å². The van der Waals surface area contributed by atoms with Crippen molar-refractivity contribution in [2.75, 3.05) is 19.0 Å². The zero-order chi connectivity index (χ0) is 24.6. The van der Waals surface area contributed by atoms with Gasteiger partial charge in [-0.25, -0.2) is 9.37 Å². The molecule has 1 aliphatic carbocycles. The Labute approximate surface area is 203 Å². The number of benzene rings is 1. The van der Waals surface area contributed by atoms with Gasteiger partial charge >= 0.3 is 0 Å². The van der Waals surface area contributed by atoms with Crippen LogP contribution in [0.15, 0.2) is 48.9 Å². The van der Waals surface area contributed by atoms with Crippen molar-refractivity contribution < 1.29 is 14.2 Å². The average molecular weight is 479 g/mol. The normalized spacial score (nSPS) is 18.7. The van der Waals surface area contributed by atoms with Crippen molar-refractivity contribution >= 4 is 16.7 Å². The second-order valence-electron chi connectivity index (χ2n) is 9.75. The van der Waals surface area contributed by atoms with Crippen LogP contribution >= 0.6 is 0 Å². The molecular formula is C26H31FN6O2. The summed E-state index contributed by atoms with van der Waals surface area (Å²) in [5, 5.41) is 23.3. The third-order valence-corrected chi connectivity index (χ3v) is 6.83. The SMILES string of the molecule is CNc1cc2c(cn1)c(-c1cnn(C(C)(C)CO)c1)nn2C1CCC(Oc2ccccc2F)CC1. The second-order valence-corrected chi connectivity index (χ2v) is 9.75. The maximum atomic E-state index is 14.0. The Kier molecular flexibility index (Phi) is 6.19. The fourth-order valence-electron chi connectivity index (χ4n) is 4.64. The van der Waals surface area contributed by atoms with Gasteiger partial charge in [0.1, 0.15) is 11.5 Å². The van der Waals surface area contributed by atoms with Gasteiger partial charge in [-0.05, 0) is 51.7 Å². The number of halogens is 1. The van der Waals surface area contributed by atoms with Crippen molar-refractivity contribution in [1.82, 2.24) is 24.5 Å². The van der Waals surface area contributed by atoms with Gasteiger partial charge in [-0.2, -0.15) is 10.2 Å². The molecule has 0 amide bonds. The Morgan fingerprint density at radius 3 is 2.66 bits per heavy atom. The van der Waals surface area contributed by atoms with E-state index in [0.29, 0.717) is 5.75 Å². The smallest absolute Gasteiger partial charge is 0.165 e. The number of aliphatic hydroxyl groups excluding tert-OH is 1. The number of anilines is 1. The summed E-state index contributed by atoms with van der Waals surface area (Å²) in [6.07, 6.45) is 8.94. The summed E-state index contributed by atoms with van der Waals surface area (Å²) in [5.41, 5.74) is 2.20. The first-order valence-corrected chi connectivity index (χ1v) is 12.0. The van der Waals surface area contributed by atoms with Crippen LogP contribution in [0.2, 0.25) is 0 Å². The minimum atomic E-state index is -0.509. The molecule has 0 radical (unpaired) electrons. The second kappa shape index (κ2) is 9.30. The van der Waals surface area contributed by atoms with Crippen LogP contribution in [-0.2, 0) is 5.54 Å². The monoisotopic (exact) mass is 478 g/mol. The summed E-state index contributed by atoms with van der Waals surface area (Å²) in [7, 11) is 1.85. The molecule has 0 aliphatic heterocycles. The van der Waals surface area contributed by atoms with Crippen LogP contribution in [0, 0.1) is 5.82 Å². The molecule has 0 spiro atoms. The molecule has 3 aromatic heterocycles. The number of nitrogens with one attached hydrogen (secondary N) is 1. The lowest BCUT2D eigenvalue weighted by molar-refractivity contribution is 0.126. The minimum absolute atomic E-state index is 0.0158. The topological polar surface area (TPSA) is 90.0 Å². The van der Waals surface area contributed by atoms with Crippen molar-refractivity contribution in [3.8, 4) is 17.0 Å². The van der Waals surface area contributed by atoms with Crippen LogP contribution in [-0.4, -0.2) is 49.4 Å². The summed E-state index contributed by atoms with van der Waals surface area (Å²) in [4.78, 5) is 4.52. The predicted octanol–water partition coefficient (Wildman–Crippen LogP) is 4.77. The Hall–Kier alpha value is -3.46. The van der Waals surface area contributed by atoms with E-state index in [2.05, 4.69) is 20.1 Å². The summed E-state index contributed by atoms with van der Waals surface area (Å²) in [5.74, 6) is 0.767. The average Bonchev–Trinajstić information content (AvgIpc) is 3.51. The van der Waals surface area contributed by atoms with Gasteiger partial charge in [-0.1, -0.05) is 12.1 Å². The van der Waals surface area contributed by atoms with E-state index in [0.717, 1.165) is 53.7 Å². The summed E-state index contributed by atoms with van der Waals surface area (Å²) < 4.78 is 23.9. The van der Waals surface area contributed by atoms with Gasteiger partial charge in [-0.3, -0.25) is 9.36 Å². The number of ether oxygens (including phenoxy) is 1. The highest BCUT2D eigenvalue weighted by atomic mass is 19.1. The van der Waals surface area contributed by atoms with E-state index in [1.54, 1.807) is 29.1 Å². The van der Waals surface area contributed by atoms with E-state index in [1.165, 1.54) is 6.07 Å². The van der Waals surface area contributed by atoms with Gasteiger partial charge < -0.3 is 15.2 Å². The van der Waals surface area contributed by atoms with Crippen molar-refractivity contribution in [3.05, 3.63) is 54.7 Å². The van der Waals surface area contributed by atoms with Crippen LogP contribution in [0.1, 0.15) is 45.6 Å². The summed E-state index contributed by atoms with van der Waals surface area (Å²) in [6, 6.07) is 8.79. The molecule has 0 unspecified atom stereocenters. The zero-order valence-electron chi connectivity index (χ0n) is 20.3. The van der Waals surface area contributed by atoms with Crippen molar-refractivity contribution in [2.45, 2.75) is 57.2 Å². The molecule has 1 fully saturated rings. The van der Waals surface area contributed by atoms with Crippen LogP contribution < -0.4 is 10.1 Å². The lowest BCUT2D eigenvalue weighted by atomic mass is 9.93. The third-order valence-electron chi connectivity index (χ3n) is 6.83. The molecule has 2 N–H and O–H groups in total. The van der Waals surface area contributed by atoms with Gasteiger partial charge in [0.15, 0.2) is 11.6 Å². The third kappa shape index (κ3) is 4.48. The van der Waals surface area contributed by atoms with E-state index >= 15 is 0 Å². The predicted molar refractivity (Wildman–Crippen MR) is 133 cm³/mol. The zero-order valence-corrected chi connectivity index (χ0v) is 20.3. The molecule has 0 atom stereocenters. The molecule has 1 aromatic carbocycles. The number of hydrogen-bond donors (Lipinski definition) is 2. The van der Waals surface area contributed by atoms with Gasteiger partial charge in [0, 0.05) is 36.5 Å². The van der Waals surface area contributed by atoms with Crippen molar-refractivity contribution in [2.24, 2.45) is 0 Å². The first kappa shape index (κ1) is 23.3. The van der Waals surface area contributed by atoms with Crippen molar-refractivity contribution in [3.63, 3.8) is 0 Å². The summed E-state index contributed by atoms with van der Waals surface area (Å²) >= 11 is 0. The number of hydrogen-bond acceptors (Lipinski definition) is 6. The van der Waals surface area contributed by atoms with Crippen LogP contribution in [0.4, 0.5) is 10.2 Å². The molecule has 1 saturated carbocycles. The van der Waals surface area contributed by atoms with Gasteiger partial charge in [0.2, 0.25) is 0 Å². The number of fused-ring (bicyclic) bond motifs is 1. The lowest BCUT2D eigenvalue weighted by Crippen LogP contribution is -2.30. The molecule has 35 heavy (non-hydrogen) atoms. The molecule has 184 valence electrons. The highest BCUT2D eigenvalue weighted by molar-refractivity contribution is 5.93. The molecule has 0 saturated heterocycles. The Morgan fingerprint density at radius 2 is 1.94 bits per heavy atom. The minimum Gasteiger partial charge on any atom is -0.487 e. The summed E-state index contributed by atoms with van der Waals surface area (Å²) in [6.45, 7) is 3.85. The van der Waals surface area contributed by atoms with E-state index < -0.39 is 5.54 Å². The fourth-order valence-corrected chi connectivity index (χ4v) is 4.64. The molecule has 5 rings (SSSR count). The van der Waals surface area contributed by atoms with Crippen LogP contribution in [0.25, 0.3) is 22.2 Å². The molecule has 9 heteroatoms. The van der Waals surface area contributed by atoms with Crippen LogP contribution in [0.3, 0.4) is 0 Å². The maximum Gasteiger partial charge on any atom is 0.165 e. The molecule has 1 aliphatic rings. The fraction of sp³-hybridized carbons (Fsp3) is 0.423. The lowest BCUT2D eigenvalue weighted by Gasteiger charge is -2.29. The quantitative estimate of drug-likeness (QED) is 0.398. The molecular weight excluding hydrogens is 447 g/mol. The number of nitrogens with zero attached hydrogens (tertiary/aromatic N) is 5. The van der Waals surface area contributed by atoms with Gasteiger partial charge in [0.05, 0.1) is 36.0 Å². The standard InChI is InChI=1S/C26H31FN6O2/c1-26(2,16-34)32-15-17(13-30-32)25-20-14-29-24(28-3)12-22(20)33(31-25)18-8-10-19(11-9-18)35-23-7-5-4-6-21(23)27/h4-7,12-15,18-19,34H,8-11,16H2,1-3H3,(H,28,29). The van der Waals surface area contributed by atoms with E-state index in [-0.39, 0.29) is 24.6 Å². The Morgan fingerprint density at radius 1 is 1.17 bits per heavy atom. The first-order valence-electron chi connectivity index (χ1n) is 12.0. The maximum absolute atomic E-state index is 14.0. The van der Waals surface area contributed by atoms with E-state index in [1.807, 2.05) is 39.4 Å². The Bertz CT molecular complexity index is 1320. The van der Waals surface area contributed by atoms with Crippen molar-refractivity contribution in [1.29, 1.82) is 0 Å². The molecule has 0 bridgehead atoms. The molecule has 3 heterocycles. The highest BCUT2D eigenvalue weighted by Gasteiger charge is 2.28. The van der Waals surface area contributed by atoms with Crippen LogP contribution in [0.5, 0.6) is 5.75 Å².